The van der Waals surface area contributed by atoms with Crippen molar-refractivity contribution in [2.45, 2.75) is 24.7 Å². The number of aliphatic carboxylic acids is 1. The Morgan fingerprint density at radius 3 is 2.45 bits per heavy atom. The molecule has 20 heavy (non-hydrogen) atoms. The van der Waals surface area contributed by atoms with E-state index in [2.05, 4.69) is 4.72 Å². The summed E-state index contributed by atoms with van der Waals surface area (Å²) in [6, 6.07) is 3.80. The van der Waals surface area contributed by atoms with Crippen LogP contribution in [0.1, 0.15) is 28.8 Å². The van der Waals surface area contributed by atoms with Gasteiger partial charge in [0.25, 0.3) is 0 Å². The molecule has 0 unspecified atom stereocenters. The van der Waals surface area contributed by atoms with Crippen LogP contribution in [0.3, 0.4) is 0 Å². The lowest BCUT2D eigenvalue weighted by Crippen LogP contribution is -2.25. The zero-order valence-corrected chi connectivity index (χ0v) is 11.6. The second-order valence-electron chi connectivity index (χ2n) is 4.18. The van der Waals surface area contributed by atoms with E-state index in [0.717, 1.165) is 6.07 Å². The van der Waals surface area contributed by atoms with Crippen LogP contribution in [-0.4, -0.2) is 37.1 Å². The summed E-state index contributed by atoms with van der Waals surface area (Å²) in [5, 5.41) is 17.4. The first kappa shape index (κ1) is 16.1. The minimum absolute atomic E-state index is 0.0229. The Kier molecular flexibility index (Phi) is 5.23. The minimum Gasteiger partial charge on any atom is -0.481 e. The summed E-state index contributed by atoms with van der Waals surface area (Å²) in [4.78, 5) is 21.1. The highest BCUT2D eigenvalue weighted by Crippen LogP contribution is 2.15. The molecule has 0 amide bonds. The number of hydrogen-bond acceptors (Lipinski definition) is 4. The van der Waals surface area contributed by atoms with Gasteiger partial charge in [-0.2, -0.15) is 0 Å². The van der Waals surface area contributed by atoms with Gasteiger partial charge in [0.2, 0.25) is 10.0 Å². The first-order chi connectivity index (χ1) is 9.24. The van der Waals surface area contributed by atoms with Crippen molar-refractivity contribution < 1.29 is 28.2 Å². The van der Waals surface area contributed by atoms with Crippen LogP contribution in [0.25, 0.3) is 0 Å². The Morgan fingerprint density at radius 2 is 1.90 bits per heavy atom. The highest BCUT2D eigenvalue weighted by atomic mass is 32.2. The fraction of sp³-hybridized carbons (Fsp3) is 0.333. The normalized spacial score (nSPS) is 11.2. The van der Waals surface area contributed by atoms with Crippen molar-refractivity contribution in [3.8, 4) is 0 Å². The number of benzene rings is 1. The van der Waals surface area contributed by atoms with Crippen molar-refractivity contribution in [3.63, 3.8) is 0 Å². The lowest BCUT2D eigenvalue weighted by atomic mass is 10.1. The van der Waals surface area contributed by atoms with E-state index in [4.69, 9.17) is 10.2 Å². The van der Waals surface area contributed by atoms with Crippen LogP contribution in [0, 0.1) is 6.92 Å². The van der Waals surface area contributed by atoms with Gasteiger partial charge in [-0.05, 0) is 31.0 Å². The van der Waals surface area contributed by atoms with Gasteiger partial charge in [0.05, 0.1) is 10.5 Å². The Hall–Kier alpha value is -1.93. The largest absolute Gasteiger partial charge is 0.481 e. The third-order valence-electron chi connectivity index (χ3n) is 2.61. The summed E-state index contributed by atoms with van der Waals surface area (Å²) in [6.07, 6.45) is 0.0169. The van der Waals surface area contributed by atoms with Crippen molar-refractivity contribution in [1.29, 1.82) is 0 Å². The average Bonchev–Trinajstić information content (AvgIpc) is 2.34. The molecule has 0 spiro atoms. The summed E-state index contributed by atoms with van der Waals surface area (Å²) in [6.45, 7) is 1.55. The molecule has 1 aromatic rings. The van der Waals surface area contributed by atoms with E-state index in [1.165, 1.54) is 12.1 Å². The fourth-order valence-corrected chi connectivity index (χ4v) is 2.63. The highest BCUT2D eigenvalue weighted by molar-refractivity contribution is 7.89. The monoisotopic (exact) mass is 301 g/mol. The molecule has 0 fully saturated rings. The van der Waals surface area contributed by atoms with Gasteiger partial charge < -0.3 is 10.2 Å². The van der Waals surface area contributed by atoms with E-state index in [1.807, 2.05) is 0 Å². The quantitative estimate of drug-likeness (QED) is 0.642. The molecule has 3 N–H and O–H groups in total. The fourth-order valence-electron chi connectivity index (χ4n) is 1.53. The molecule has 7 nitrogen and oxygen atoms in total. The number of carboxylic acid groups (broad SMARTS) is 2. The Bertz CT molecular complexity index is 623. The molecule has 0 radical (unpaired) electrons. The van der Waals surface area contributed by atoms with E-state index in [1.54, 1.807) is 6.92 Å². The van der Waals surface area contributed by atoms with Crippen LogP contribution in [-0.2, 0) is 14.8 Å². The maximum Gasteiger partial charge on any atom is 0.335 e. The maximum absolute atomic E-state index is 11.9. The Balaban J connectivity index is 2.85. The van der Waals surface area contributed by atoms with Crippen molar-refractivity contribution in [2.24, 2.45) is 0 Å². The zero-order chi connectivity index (χ0) is 15.3. The molecule has 0 heterocycles. The molecule has 0 aliphatic carbocycles. The molecule has 0 bridgehead atoms. The van der Waals surface area contributed by atoms with Gasteiger partial charge in [-0.3, -0.25) is 4.79 Å². The lowest BCUT2D eigenvalue weighted by molar-refractivity contribution is -0.137. The maximum atomic E-state index is 11.9. The second-order valence-corrected chi connectivity index (χ2v) is 5.94. The van der Waals surface area contributed by atoms with Gasteiger partial charge in [-0.15, -0.1) is 0 Å². The Morgan fingerprint density at radius 1 is 1.25 bits per heavy atom. The first-order valence-electron chi connectivity index (χ1n) is 5.79. The molecule has 110 valence electrons. The zero-order valence-electron chi connectivity index (χ0n) is 10.8. The standard InChI is InChI=1S/C12H15NO6S/c1-8-4-5-9(7-10(8)12(16)17)20(18,19)13-6-2-3-11(14)15/h4-5,7,13H,2-3,6H2,1H3,(H,14,15)(H,16,17). The summed E-state index contributed by atoms with van der Waals surface area (Å²) >= 11 is 0. The van der Waals surface area contributed by atoms with Crippen LogP contribution in [0.15, 0.2) is 23.1 Å². The second kappa shape index (κ2) is 6.49. The molecule has 1 rings (SSSR count). The van der Waals surface area contributed by atoms with Crippen LogP contribution in [0.4, 0.5) is 0 Å². The number of hydrogen-bond donors (Lipinski definition) is 3. The number of aryl methyl sites for hydroxylation is 1. The predicted molar refractivity (Wildman–Crippen MR) is 70.2 cm³/mol. The highest BCUT2D eigenvalue weighted by Gasteiger charge is 2.17. The van der Waals surface area contributed by atoms with E-state index in [0.29, 0.717) is 5.56 Å². The molecular formula is C12H15NO6S. The van der Waals surface area contributed by atoms with E-state index < -0.39 is 22.0 Å². The van der Waals surface area contributed by atoms with Crippen LogP contribution in [0.2, 0.25) is 0 Å². The third kappa shape index (κ3) is 4.32. The molecule has 0 saturated heterocycles. The number of aromatic carboxylic acids is 1. The van der Waals surface area contributed by atoms with Crippen LogP contribution in [0.5, 0.6) is 0 Å². The van der Waals surface area contributed by atoms with Crippen molar-refractivity contribution >= 4 is 22.0 Å². The topological polar surface area (TPSA) is 121 Å². The van der Waals surface area contributed by atoms with Gasteiger partial charge in [-0.25, -0.2) is 17.9 Å². The van der Waals surface area contributed by atoms with Crippen molar-refractivity contribution in [1.82, 2.24) is 4.72 Å². The first-order valence-corrected chi connectivity index (χ1v) is 7.28. The molecule has 8 heteroatoms. The molecule has 0 atom stereocenters. The van der Waals surface area contributed by atoms with Gasteiger partial charge >= 0.3 is 11.9 Å². The third-order valence-corrected chi connectivity index (χ3v) is 4.07. The molecule has 0 aromatic heterocycles. The molecule has 0 aliphatic rings. The summed E-state index contributed by atoms with van der Waals surface area (Å²) in [5.74, 6) is -2.21. The van der Waals surface area contributed by atoms with Gasteiger partial charge in [0, 0.05) is 13.0 Å². The SMILES string of the molecule is Cc1ccc(S(=O)(=O)NCCCC(=O)O)cc1C(=O)O. The molecule has 0 saturated carbocycles. The van der Waals surface area contributed by atoms with E-state index in [-0.39, 0.29) is 29.8 Å². The number of carboxylic acids is 2. The Labute approximate surface area is 116 Å². The number of rotatable bonds is 7. The predicted octanol–water partition coefficient (Wildman–Crippen LogP) is 0.836. The lowest BCUT2D eigenvalue weighted by Gasteiger charge is -2.08. The smallest absolute Gasteiger partial charge is 0.335 e. The number of sulfonamides is 1. The average molecular weight is 301 g/mol. The van der Waals surface area contributed by atoms with Crippen molar-refractivity contribution in [3.05, 3.63) is 29.3 Å². The number of carbonyl (C=O) groups is 2. The summed E-state index contributed by atoms with van der Waals surface area (Å²) < 4.78 is 26.1. The van der Waals surface area contributed by atoms with E-state index >= 15 is 0 Å². The van der Waals surface area contributed by atoms with Crippen molar-refractivity contribution in [2.75, 3.05) is 6.54 Å². The summed E-state index contributed by atoms with van der Waals surface area (Å²) in [7, 11) is -3.84. The molecule has 1 aromatic carbocycles. The van der Waals surface area contributed by atoms with E-state index in [9.17, 15) is 18.0 Å². The molecule has 0 aliphatic heterocycles. The van der Waals surface area contributed by atoms with Crippen LogP contribution >= 0.6 is 0 Å². The summed E-state index contributed by atoms with van der Waals surface area (Å²) in [5.41, 5.74) is 0.376. The minimum atomic E-state index is -3.84. The van der Waals surface area contributed by atoms with Gasteiger partial charge in [-0.1, -0.05) is 6.07 Å². The molecular weight excluding hydrogens is 286 g/mol. The van der Waals surface area contributed by atoms with Gasteiger partial charge in [0.1, 0.15) is 0 Å². The van der Waals surface area contributed by atoms with Crippen LogP contribution < -0.4 is 4.72 Å². The van der Waals surface area contributed by atoms with Gasteiger partial charge in [0.15, 0.2) is 0 Å². The number of nitrogens with one attached hydrogen (secondary N) is 1.